The molecule has 0 saturated heterocycles. The van der Waals surface area contributed by atoms with Crippen molar-refractivity contribution in [1.82, 2.24) is 4.57 Å². The minimum absolute atomic E-state index is 0.0209. The van der Waals surface area contributed by atoms with Crippen LogP contribution in [0.25, 0.3) is 93.9 Å². The van der Waals surface area contributed by atoms with Crippen molar-refractivity contribution in [3.8, 4) is 50.2 Å². The van der Waals surface area contributed by atoms with Gasteiger partial charge in [0.15, 0.2) is 0 Å². The van der Waals surface area contributed by atoms with Crippen molar-refractivity contribution in [2.45, 2.75) is 136 Å². The van der Waals surface area contributed by atoms with Gasteiger partial charge in [0.2, 0.25) is 0 Å². The van der Waals surface area contributed by atoms with Gasteiger partial charge in [0.05, 0.1) is 27.8 Å². The van der Waals surface area contributed by atoms with E-state index in [1.165, 1.54) is 116 Å². The lowest BCUT2D eigenvalue weighted by molar-refractivity contribution is 0.589. The van der Waals surface area contributed by atoms with E-state index < -0.39 is 5.41 Å². The van der Waals surface area contributed by atoms with Crippen molar-refractivity contribution in [2.24, 2.45) is 0 Å². The molecule has 0 saturated carbocycles. The fraction of sp³-hybridized carbons (Fsp3) is 0.200. The van der Waals surface area contributed by atoms with E-state index in [9.17, 15) is 0 Å². The van der Waals surface area contributed by atoms with Crippen molar-refractivity contribution in [3.63, 3.8) is 0 Å². The maximum absolute atomic E-state index is 7.00. The number of aromatic nitrogens is 1. The van der Waals surface area contributed by atoms with Crippen LogP contribution in [-0.2, 0) is 32.5 Å². The van der Waals surface area contributed by atoms with Crippen LogP contribution in [0, 0.1) is 0 Å². The molecule has 4 heterocycles. The van der Waals surface area contributed by atoms with Crippen molar-refractivity contribution < 1.29 is 4.42 Å². The van der Waals surface area contributed by atoms with Gasteiger partial charge < -0.3 is 18.8 Å². The summed E-state index contributed by atoms with van der Waals surface area (Å²) in [6, 6.07) is 115. The zero-order valence-corrected chi connectivity index (χ0v) is 66.1. The second kappa shape index (κ2) is 24.7. The summed E-state index contributed by atoms with van der Waals surface area (Å²) in [6.45, 7) is 34.9. The molecule has 5 heteroatoms. The number of para-hydroxylation sites is 3. The summed E-state index contributed by atoms with van der Waals surface area (Å²) in [7, 11) is 0. The lowest BCUT2D eigenvalue weighted by Crippen LogP contribution is -2.61. The summed E-state index contributed by atoms with van der Waals surface area (Å²) in [5.41, 5.74) is 35.5. The Balaban J connectivity index is 0.943. The molecule has 16 aromatic rings. The summed E-state index contributed by atoms with van der Waals surface area (Å²) in [6.07, 6.45) is 0. The van der Waals surface area contributed by atoms with E-state index in [0.29, 0.717) is 0 Å². The molecule has 3 aliphatic rings. The van der Waals surface area contributed by atoms with E-state index >= 15 is 0 Å². The Morgan fingerprint density at radius 1 is 0.300 bits per heavy atom. The normalized spacial score (nSPS) is 14.0. The van der Waals surface area contributed by atoms with Gasteiger partial charge >= 0.3 is 0 Å². The number of anilines is 6. The molecule has 14 aromatic carbocycles. The molecule has 0 unspecified atom stereocenters. The van der Waals surface area contributed by atoms with Gasteiger partial charge in [0, 0.05) is 66.7 Å². The first-order valence-electron chi connectivity index (χ1n) is 39.5. The van der Waals surface area contributed by atoms with E-state index in [1.807, 2.05) is 0 Å². The molecule has 2 aliphatic heterocycles. The molecule has 1 aliphatic carbocycles. The van der Waals surface area contributed by atoms with Crippen molar-refractivity contribution in [3.05, 3.63) is 347 Å². The molecule has 0 amide bonds. The summed E-state index contributed by atoms with van der Waals surface area (Å²) in [4.78, 5) is 5.37. The van der Waals surface area contributed by atoms with Gasteiger partial charge in [-0.1, -0.05) is 328 Å². The smallest absolute Gasteiger partial charge is 0.252 e. The largest absolute Gasteiger partial charge is 0.455 e. The number of hydrogen-bond donors (Lipinski definition) is 0. The first kappa shape index (κ1) is 68.8. The van der Waals surface area contributed by atoms with Crippen LogP contribution in [0.15, 0.2) is 302 Å². The lowest BCUT2D eigenvalue weighted by atomic mass is 9.33. The molecule has 110 heavy (non-hydrogen) atoms. The summed E-state index contributed by atoms with van der Waals surface area (Å²) in [5, 5.41) is 4.70. The van der Waals surface area contributed by atoms with Gasteiger partial charge in [-0.15, -0.1) is 0 Å². The molecule has 0 N–H and O–H groups in total. The second-order valence-electron chi connectivity index (χ2n) is 36.5. The van der Waals surface area contributed by atoms with Crippen molar-refractivity contribution in [2.75, 3.05) is 9.80 Å². The van der Waals surface area contributed by atoms with Crippen LogP contribution >= 0.6 is 0 Å². The first-order chi connectivity index (χ1) is 52.7. The number of fused-ring (bicyclic) bond motifs is 14. The van der Waals surface area contributed by atoms with Crippen LogP contribution < -0.4 is 26.2 Å². The van der Waals surface area contributed by atoms with Gasteiger partial charge in [-0.3, -0.25) is 0 Å². The van der Waals surface area contributed by atoms with Crippen molar-refractivity contribution >= 4 is 101 Å². The molecule has 0 bridgehead atoms. The maximum atomic E-state index is 7.00. The van der Waals surface area contributed by atoms with Gasteiger partial charge in [-0.05, 0) is 194 Å². The number of benzene rings is 14. The minimum atomic E-state index is -0.633. The van der Waals surface area contributed by atoms with Crippen LogP contribution in [0.4, 0.5) is 34.1 Å². The van der Waals surface area contributed by atoms with Gasteiger partial charge in [-0.25, -0.2) is 0 Å². The second-order valence-corrected chi connectivity index (χ2v) is 36.5. The Morgan fingerprint density at radius 3 is 1.38 bits per heavy atom. The number of hydrogen-bond acceptors (Lipinski definition) is 3. The SMILES string of the molecule is CC(C)(C)c1ccc(-c2cc(C(C)(C)C)ccc2N2c3ccc(-c4cccc5c4oc4ccccc45)cc3B3c4ccc(-n5c6ccccc6c6c7c(ccc65)-c5ccccc5C7(c5ccccc5)c5ccccc5)cc4N(c4ccc(C(C)(C)C)cc4-c4ccc(C(C)(C)C)cc4)c4cc(C(C)(C)C)cc2c43)cc1. The molecule has 0 radical (unpaired) electrons. The Labute approximate surface area is 649 Å². The first-order valence-corrected chi connectivity index (χ1v) is 39.5. The topological polar surface area (TPSA) is 24.6 Å². The van der Waals surface area contributed by atoms with Gasteiger partial charge in [0.1, 0.15) is 11.2 Å². The average Bonchev–Trinajstić information content (AvgIpc) is 1.39. The molecule has 2 aromatic heterocycles. The summed E-state index contributed by atoms with van der Waals surface area (Å²) in [5.74, 6) is 0. The molecular formula is C105H94BN3O. The number of rotatable bonds is 8. The molecule has 19 rings (SSSR count). The van der Waals surface area contributed by atoms with E-state index in [0.717, 1.165) is 78.2 Å². The molecular weight excluding hydrogens is 1330 g/mol. The highest BCUT2D eigenvalue weighted by molar-refractivity contribution is 7.00. The molecule has 0 atom stereocenters. The highest BCUT2D eigenvalue weighted by Gasteiger charge is 2.49. The zero-order chi connectivity index (χ0) is 75.9. The van der Waals surface area contributed by atoms with E-state index in [-0.39, 0.29) is 33.8 Å². The Morgan fingerprint density at radius 2 is 0.791 bits per heavy atom. The highest BCUT2D eigenvalue weighted by Crippen LogP contribution is 2.60. The van der Waals surface area contributed by atoms with E-state index in [1.54, 1.807) is 0 Å². The van der Waals surface area contributed by atoms with Crippen LogP contribution in [0.2, 0.25) is 0 Å². The summed E-state index contributed by atoms with van der Waals surface area (Å²) < 4.78 is 9.59. The predicted molar refractivity (Wildman–Crippen MR) is 469 cm³/mol. The lowest BCUT2D eigenvalue weighted by Gasteiger charge is -2.46. The fourth-order valence-electron chi connectivity index (χ4n) is 18.7. The number of nitrogens with zero attached hydrogens (tertiary/aromatic N) is 3. The third-order valence-corrected chi connectivity index (χ3v) is 24.5. The number of furan rings is 1. The van der Waals surface area contributed by atoms with Crippen LogP contribution in [0.5, 0.6) is 0 Å². The Hall–Kier alpha value is -11.7. The fourth-order valence-corrected chi connectivity index (χ4v) is 18.7. The van der Waals surface area contributed by atoms with Crippen LogP contribution in [0.3, 0.4) is 0 Å². The van der Waals surface area contributed by atoms with Gasteiger partial charge in [0.25, 0.3) is 6.71 Å². The van der Waals surface area contributed by atoms with E-state index in [4.69, 9.17) is 4.42 Å². The maximum Gasteiger partial charge on any atom is 0.252 e. The minimum Gasteiger partial charge on any atom is -0.455 e. The molecule has 0 spiro atoms. The Kier molecular flexibility index (Phi) is 15.4. The van der Waals surface area contributed by atoms with Crippen molar-refractivity contribution in [1.29, 1.82) is 0 Å². The average molecular weight is 1420 g/mol. The quantitative estimate of drug-likeness (QED) is 0.142. The Bertz CT molecular complexity index is 6370. The highest BCUT2D eigenvalue weighted by atomic mass is 16.3. The van der Waals surface area contributed by atoms with Crippen LogP contribution in [0.1, 0.15) is 154 Å². The zero-order valence-electron chi connectivity index (χ0n) is 66.1. The van der Waals surface area contributed by atoms with Gasteiger partial charge in [-0.2, -0.15) is 0 Å². The third kappa shape index (κ3) is 10.7. The molecule has 0 fully saturated rings. The molecule has 538 valence electrons. The predicted octanol–water partition coefficient (Wildman–Crippen LogP) is 26.6. The van der Waals surface area contributed by atoms with Crippen LogP contribution in [-0.4, -0.2) is 11.3 Å². The third-order valence-electron chi connectivity index (χ3n) is 24.5. The summed E-state index contributed by atoms with van der Waals surface area (Å²) >= 11 is 0. The monoisotopic (exact) mass is 1420 g/mol. The molecule has 4 nitrogen and oxygen atoms in total. The van der Waals surface area contributed by atoms with E-state index in [2.05, 4.69) is 415 Å². The standard InChI is InChI=1S/C105H94BN3O/c1-100(2,3)68-46-41-65(42-47-68)82-60-72(102(7,8)9)50-56-88(82)108-90-55-45-67(76-36-28-37-80-78-34-24-27-40-95(78)110-99(76)80)59-86(90)106-85-54-52-75(64-92(85)109(94-63-74(104(13,14)15)62-93(108)98(94)106)89-57-51-73(103(10,11)12)61-83(89)66-43-48-69(49-44-66)101(4,5)6)107-87-39-26-23-35-81(87)96-91(107)58-53-79-77-33-22-25-38-84(77)105(97(79)96,70-29-18-16-19-30-70)71-31-20-17-21-32-71/h16-64H,1-15H3.